The van der Waals surface area contributed by atoms with Gasteiger partial charge in [-0.3, -0.25) is 72.5 Å². The highest BCUT2D eigenvalue weighted by Gasteiger charge is 2.23. The molecule has 18 N–H and O–H groups in total. The number of aliphatic imine (C=N–C) groups is 3. The van der Waals surface area contributed by atoms with Gasteiger partial charge in [-0.2, -0.15) is 0 Å². The summed E-state index contributed by atoms with van der Waals surface area (Å²) in [5.41, 5.74) is 15.8. The highest BCUT2D eigenvalue weighted by molar-refractivity contribution is 8.77. The van der Waals surface area contributed by atoms with Gasteiger partial charge in [-0.25, -0.2) is 0 Å². The second-order valence-corrected chi connectivity index (χ2v) is 24.7. The topological polar surface area (TPSA) is 583 Å². The molecule has 0 saturated heterocycles. The van der Waals surface area contributed by atoms with Gasteiger partial charge >= 0.3 is 35.8 Å². The molecule has 0 fully saturated rings. The largest absolute Gasteiger partial charge is 0.862 e. The third kappa shape index (κ3) is 34.1. The van der Waals surface area contributed by atoms with Gasteiger partial charge in [0.15, 0.2) is 0 Å². The fourth-order valence-electron chi connectivity index (χ4n) is 5.74. The van der Waals surface area contributed by atoms with E-state index in [0.717, 1.165) is 64.8 Å². The van der Waals surface area contributed by atoms with Crippen molar-refractivity contribution in [3.05, 3.63) is 34.9 Å². The fraction of sp³-hybridized carbons (Fsp3) is 0.533. The number of rotatable bonds is 45. The van der Waals surface area contributed by atoms with Crippen molar-refractivity contribution >= 4 is 154 Å². The number of aliphatic carboxylic acids is 6. The van der Waals surface area contributed by atoms with Gasteiger partial charge in [0, 0.05) is 70.8 Å². The molecular formula is C45H63N12O21S6-3. The van der Waals surface area contributed by atoms with E-state index in [-0.39, 0.29) is 90.1 Å². The predicted octanol–water partition coefficient (Wildman–Crippen LogP) is -5.42. The van der Waals surface area contributed by atoms with E-state index < -0.39 is 164 Å². The van der Waals surface area contributed by atoms with Gasteiger partial charge in [-0.1, -0.05) is 64.8 Å². The summed E-state index contributed by atoms with van der Waals surface area (Å²) in [6, 6.07) is -4.64. The van der Waals surface area contributed by atoms with Crippen LogP contribution in [0.25, 0.3) is 0 Å². The van der Waals surface area contributed by atoms with Gasteiger partial charge in [0.2, 0.25) is 17.7 Å². The van der Waals surface area contributed by atoms with Crippen molar-refractivity contribution in [1.29, 1.82) is 0 Å². The Hall–Kier alpha value is -6.75. The first-order valence-corrected chi connectivity index (χ1v) is 32.0. The van der Waals surface area contributed by atoms with Crippen LogP contribution in [0.2, 0.25) is 0 Å². The monoisotopic (exact) mass is 1300 g/mol. The van der Waals surface area contributed by atoms with Gasteiger partial charge < -0.3 is 95.1 Å². The zero-order chi connectivity index (χ0) is 63.3. The fourth-order valence-corrected chi connectivity index (χ4v) is 11.8. The molecule has 84 heavy (non-hydrogen) atoms. The molecular weight excluding hydrogens is 1240 g/mol. The molecule has 0 aromatic heterocycles. The lowest BCUT2D eigenvalue weighted by atomic mass is 10.0. The molecule has 1 aromatic carbocycles. The van der Waals surface area contributed by atoms with Crippen molar-refractivity contribution in [3.63, 3.8) is 0 Å². The maximum atomic E-state index is 13.5. The number of carbonyl (C=O) groups excluding carboxylic acids is 6. The van der Waals surface area contributed by atoms with E-state index in [4.69, 9.17) is 47.8 Å². The van der Waals surface area contributed by atoms with Crippen LogP contribution in [-0.4, -0.2) is 230 Å². The van der Waals surface area contributed by atoms with E-state index in [9.17, 15) is 72.9 Å². The number of hydrogen-bond acceptors (Lipinski definition) is 27. The molecule has 0 saturated carbocycles. The first-order valence-electron chi connectivity index (χ1n) is 24.5. The van der Waals surface area contributed by atoms with Crippen molar-refractivity contribution in [1.82, 2.24) is 31.9 Å². The van der Waals surface area contributed by atoms with Crippen LogP contribution in [0.4, 0.5) is 0 Å². The number of carbonyl (C=O) groups is 12. The SMILES string of the molecule is N[C@@H](CCC([O-])=N[C@@H](CSSCCNC(=O)c1cc(C(=O)NCCSSC[C@H](N=C([O-])CC[C@H](N)C(=O)O)C(=O)NCC(=O)O)cc(C(=O)NCCSSC[C@H](N=C([O-])CC[C@H](N)C(=O)O)C(=O)NCC(=O)O)c1)C(=O)NCC(=O)O)C(=O)O. The summed E-state index contributed by atoms with van der Waals surface area (Å²) in [5, 5.41) is 105. The van der Waals surface area contributed by atoms with Crippen molar-refractivity contribution in [2.24, 2.45) is 32.2 Å². The van der Waals surface area contributed by atoms with Crippen molar-refractivity contribution in [3.8, 4) is 0 Å². The van der Waals surface area contributed by atoms with Gasteiger partial charge in [0.05, 0.1) is 0 Å². The molecule has 6 atom stereocenters. The minimum atomic E-state index is -1.38. The standard InChI is InChI=1S/C45H66N12O21S6/c46-25(43(73)74)1-4-31(58)55-28(40(70)52-16-34(61)62)19-82-79-10-7-49-37(67)22-13-23(38(68)50-8-11-80-83-20-29(41(71)53-17-35(63)64)56-32(59)5-2-26(47)44(75)76)15-24(14-22)39(69)51-9-12-81-84-21-30(42(72)54-18-36(65)66)57-33(60)6-3-27(48)45(77)78/h13-15,25-30H,1-12,16-21,46-48H2,(H,49,67)(H,50,68)(H,51,69)(H,52,70)(H,53,71)(H,54,72)(H,55,58)(H,56,59)(H,57,60)(H,61,62)(H,63,64)(H,65,66)(H,73,74)(H,75,76)(H,77,78)/p-3/t25-,26-,27-,28-,29-,30-/m0/s1. The highest BCUT2D eigenvalue weighted by atomic mass is 33.1. The number of hydrogen-bond donors (Lipinski definition) is 15. The van der Waals surface area contributed by atoms with E-state index in [0.29, 0.717) is 0 Å². The molecule has 0 spiro atoms. The quantitative estimate of drug-likeness (QED) is 0.0125. The van der Waals surface area contributed by atoms with Crippen LogP contribution in [0.15, 0.2) is 33.2 Å². The van der Waals surface area contributed by atoms with Crippen LogP contribution in [0.5, 0.6) is 0 Å². The smallest absolute Gasteiger partial charge is 0.322 e. The lowest BCUT2D eigenvalue weighted by molar-refractivity contribution is -0.220. The van der Waals surface area contributed by atoms with E-state index in [1.165, 1.54) is 18.2 Å². The minimum absolute atomic E-state index is 0.0396. The van der Waals surface area contributed by atoms with Crippen LogP contribution in [0.3, 0.4) is 0 Å². The molecule has 0 unspecified atom stereocenters. The molecule has 0 bridgehead atoms. The van der Waals surface area contributed by atoms with E-state index in [1.807, 2.05) is 0 Å². The van der Waals surface area contributed by atoms with E-state index in [2.05, 4.69) is 46.9 Å². The Labute approximate surface area is 502 Å². The van der Waals surface area contributed by atoms with Crippen LogP contribution >= 0.6 is 64.8 Å². The Morgan fingerprint density at radius 3 is 0.857 bits per heavy atom. The molecule has 6 amide bonds. The predicted molar refractivity (Wildman–Crippen MR) is 308 cm³/mol. The summed E-state index contributed by atoms with van der Waals surface area (Å²) in [4.78, 5) is 156. The Balaban J connectivity index is 3.21. The maximum Gasteiger partial charge on any atom is 0.322 e. The highest BCUT2D eigenvalue weighted by Crippen LogP contribution is 2.25. The lowest BCUT2D eigenvalue weighted by Crippen LogP contribution is -2.39. The number of carboxylic acids is 6. The Kier molecular flexibility index (Phi) is 37.7. The number of benzene rings is 1. The first-order chi connectivity index (χ1) is 39.6. The zero-order valence-corrected chi connectivity index (χ0v) is 49.2. The number of nitrogens with two attached hydrogens (primary N) is 3. The lowest BCUT2D eigenvalue weighted by Gasteiger charge is -2.18. The maximum absolute atomic E-state index is 13.5. The number of amides is 6. The Morgan fingerprint density at radius 1 is 0.405 bits per heavy atom. The van der Waals surface area contributed by atoms with Crippen LogP contribution in [0, 0.1) is 0 Å². The molecule has 0 aliphatic carbocycles. The average molecular weight is 1300 g/mol. The molecule has 0 radical (unpaired) electrons. The summed E-state index contributed by atoms with van der Waals surface area (Å²) in [7, 11) is 6.43. The normalized spacial score (nSPS) is 13.8. The molecule has 0 aliphatic rings. The average Bonchev–Trinajstić information content (AvgIpc) is 3.58. The minimum Gasteiger partial charge on any atom is -0.862 e. The number of carboxylic acid groups (broad SMARTS) is 6. The van der Waals surface area contributed by atoms with E-state index in [1.54, 1.807) is 0 Å². The van der Waals surface area contributed by atoms with E-state index >= 15 is 0 Å². The molecule has 1 aromatic rings. The number of nitrogens with one attached hydrogen (secondary N) is 6. The van der Waals surface area contributed by atoms with Crippen LogP contribution in [0.1, 0.15) is 69.6 Å². The molecule has 468 valence electrons. The van der Waals surface area contributed by atoms with Gasteiger partial charge in [0.25, 0.3) is 17.7 Å². The second-order valence-electron chi connectivity index (χ2n) is 16.8. The molecule has 33 nitrogen and oxygen atoms in total. The molecule has 1 rings (SSSR count). The van der Waals surface area contributed by atoms with Crippen molar-refractivity contribution in [2.75, 3.05) is 73.8 Å². The second kappa shape index (κ2) is 42.1. The first kappa shape index (κ1) is 75.3. The van der Waals surface area contributed by atoms with Gasteiger partial charge in [0.1, 0.15) is 55.9 Å². The van der Waals surface area contributed by atoms with Crippen molar-refractivity contribution in [2.45, 2.75) is 74.8 Å². The zero-order valence-electron chi connectivity index (χ0n) is 44.3. The van der Waals surface area contributed by atoms with Crippen LogP contribution in [-0.2, 0) is 43.2 Å². The summed E-state index contributed by atoms with van der Waals surface area (Å²) in [6.07, 6.45) is -2.06. The summed E-state index contributed by atoms with van der Waals surface area (Å²) >= 11 is 0. The summed E-state index contributed by atoms with van der Waals surface area (Å²) < 4.78 is 0. The van der Waals surface area contributed by atoms with Gasteiger partial charge in [-0.15, -0.1) is 0 Å². The molecule has 0 heterocycles. The van der Waals surface area contributed by atoms with Gasteiger partial charge in [-0.05, 0) is 74.4 Å². The third-order valence-electron chi connectivity index (χ3n) is 10.1. The van der Waals surface area contributed by atoms with Crippen molar-refractivity contribution < 1.29 is 103 Å². The Morgan fingerprint density at radius 2 is 0.643 bits per heavy atom. The third-order valence-corrected chi connectivity index (χ3v) is 17.3. The molecule has 0 aliphatic heterocycles. The number of nitrogens with zero attached hydrogens (tertiary/aromatic N) is 3. The van der Waals surface area contributed by atoms with Crippen LogP contribution < -0.4 is 64.4 Å². The summed E-state index contributed by atoms with van der Waals surface area (Å²) in [5.74, 6) is -15.6. The Bertz CT molecular complexity index is 2270. The molecule has 39 heteroatoms. The summed E-state index contributed by atoms with van der Waals surface area (Å²) in [6.45, 7) is -2.45.